The summed E-state index contributed by atoms with van der Waals surface area (Å²) in [6, 6.07) is 12.3. The van der Waals surface area contributed by atoms with Crippen molar-refractivity contribution in [2.45, 2.75) is 31.6 Å². The second kappa shape index (κ2) is 8.19. The van der Waals surface area contributed by atoms with Crippen molar-refractivity contribution in [2.75, 3.05) is 5.32 Å². The highest BCUT2D eigenvalue weighted by Crippen LogP contribution is 2.30. The molecule has 7 nitrogen and oxygen atoms in total. The van der Waals surface area contributed by atoms with Crippen molar-refractivity contribution in [3.8, 4) is 11.4 Å². The van der Waals surface area contributed by atoms with E-state index in [1.807, 2.05) is 0 Å². The maximum absolute atomic E-state index is 13.0. The van der Waals surface area contributed by atoms with E-state index >= 15 is 0 Å². The van der Waals surface area contributed by atoms with Gasteiger partial charge in [-0.1, -0.05) is 24.3 Å². The van der Waals surface area contributed by atoms with Crippen LogP contribution in [0.3, 0.4) is 0 Å². The molecule has 1 fully saturated rings. The lowest BCUT2D eigenvalue weighted by Gasteiger charge is -2.11. The molecule has 4 aromatic rings. The fraction of sp³-hybridized carbons (Fsp3) is 0.217. The van der Waals surface area contributed by atoms with Gasteiger partial charge in [0.2, 0.25) is 0 Å². The van der Waals surface area contributed by atoms with E-state index in [1.165, 1.54) is 12.4 Å². The maximum atomic E-state index is 13.0. The minimum absolute atomic E-state index is 0.115. The number of anilines is 1. The molecule has 10 heteroatoms. The molecule has 1 aliphatic rings. The standard InChI is InChI=1S/C23H19F3N6O/c24-23(25,26)16-3-1-2-13(10-16)11-27-20-18-21(29-12-28-18)32-19(31-20)14-4-6-15(7-5-14)22(33)30-17-8-9-17/h1-7,10,12,17H,8-9,11H2,(H,30,33)(H2,27,28,29,31,32). The second-order valence-corrected chi connectivity index (χ2v) is 7.87. The Kier molecular flexibility index (Phi) is 5.20. The molecule has 5 rings (SSSR count). The van der Waals surface area contributed by atoms with Crippen LogP contribution in [0.2, 0.25) is 0 Å². The van der Waals surface area contributed by atoms with Crippen LogP contribution in [-0.2, 0) is 12.7 Å². The molecule has 2 aromatic carbocycles. The molecular weight excluding hydrogens is 433 g/mol. The van der Waals surface area contributed by atoms with Crippen LogP contribution in [0.5, 0.6) is 0 Å². The number of nitrogens with zero attached hydrogens (tertiary/aromatic N) is 3. The number of benzene rings is 2. The first kappa shape index (κ1) is 20.9. The minimum atomic E-state index is -4.41. The Morgan fingerprint density at radius 3 is 2.61 bits per heavy atom. The summed E-state index contributed by atoms with van der Waals surface area (Å²) in [6.07, 6.45) is -0.907. The van der Waals surface area contributed by atoms with Gasteiger partial charge in [-0.05, 0) is 42.7 Å². The van der Waals surface area contributed by atoms with E-state index in [0.29, 0.717) is 39.5 Å². The highest BCUT2D eigenvalue weighted by Gasteiger charge is 2.30. The van der Waals surface area contributed by atoms with Crippen LogP contribution in [-0.4, -0.2) is 31.9 Å². The Bertz CT molecular complexity index is 1310. The number of hydrogen-bond donors (Lipinski definition) is 3. The summed E-state index contributed by atoms with van der Waals surface area (Å²) < 4.78 is 39.0. The summed E-state index contributed by atoms with van der Waals surface area (Å²) in [5, 5.41) is 6.02. The number of alkyl halides is 3. The summed E-state index contributed by atoms with van der Waals surface area (Å²) in [5.74, 6) is 0.687. The van der Waals surface area contributed by atoms with Crippen molar-refractivity contribution in [3.63, 3.8) is 0 Å². The largest absolute Gasteiger partial charge is 0.416 e. The molecule has 1 amide bonds. The molecule has 0 bridgehead atoms. The molecule has 168 valence electrons. The van der Waals surface area contributed by atoms with Crippen molar-refractivity contribution in [2.24, 2.45) is 0 Å². The van der Waals surface area contributed by atoms with Gasteiger partial charge in [0, 0.05) is 23.7 Å². The normalized spacial score (nSPS) is 13.8. The van der Waals surface area contributed by atoms with Crippen LogP contribution in [0.25, 0.3) is 22.6 Å². The molecule has 0 radical (unpaired) electrons. The first-order chi connectivity index (χ1) is 15.9. The fourth-order valence-electron chi connectivity index (χ4n) is 3.40. The van der Waals surface area contributed by atoms with E-state index in [0.717, 1.165) is 25.0 Å². The van der Waals surface area contributed by atoms with Gasteiger partial charge in [0.1, 0.15) is 5.52 Å². The van der Waals surface area contributed by atoms with Crippen LogP contribution in [0.15, 0.2) is 54.9 Å². The molecule has 0 aliphatic heterocycles. The zero-order chi connectivity index (χ0) is 23.0. The van der Waals surface area contributed by atoms with Gasteiger partial charge in [0.05, 0.1) is 11.9 Å². The van der Waals surface area contributed by atoms with Crippen LogP contribution in [0.4, 0.5) is 19.0 Å². The Labute approximate surface area is 186 Å². The van der Waals surface area contributed by atoms with Crippen molar-refractivity contribution in [1.82, 2.24) is 25.3 Å². The summed E-state index contributed by atoms with van der Waals surface area (Å²) in [7, 11) is 0. The molecule has 2 aromatic heterocycles. The van der Waals surface area contributed by atoms with Crippen LogP contribution < -0.4 is 10.6 Å². The smallest absolute Gasteiger partial charge is 0.364 e. The van der Waals surface area contributed by atoms with E-state index in [2.05, 4.69) is 30.6 Å². The number of carbonyl (C=O) groups is 1. The lowest BCUT2D eigenvalue weighted by Crippen LogP contribution is -2.25. The quantitative estimate of drug-likeness (QED) is 0.399. The molecule has 0 saturated heterocycles. The molecule has 3 N–H and O–H groups in total. The van der Waals surface area contributed by atoms with Crippen molar-refractivity contribution < 1.29 is 18.0 Å². The van der Waals surface area contributed by atoms with Gasteiger partial charge in [0.25, 0.3) is 5.91 Å². The molecule has 1 aliphatic carbocycles. The average molecular weight is 452 g/mol. The molecule has 2 heterocycles. The Balaban J connectivity index is 1.39. The van der Waals surface area contributed by atoms with Gasteiger partial charge in [-0.2, -0.15) is 13.2 Å². The predicted molar refractivity (Wildman–Crippen MR) is 116 cm³/mol. The zero-order valence-electron chi connectivity index (χ0n) is 17.3. The molecule has 0 spiro atoms. The highest BCUT2D eigenvalue weighted by atomic mass is 19.4. The number of aromatic amines is 1. The molecule has 1 saturated carbocycles. The van der Waals surface area contributed by atoms with Gasteiger partial charge >= 0.3 is 6.18 Å². The van der Waals surface area contributed by atoms with E-state index in [4.69, 9.17) is 0 Å². The third kappa shape index (κ3) is 4.64. The van der Waals surface area contributed by atoms with Gasteiger partial charge in [-0.15, -0.1) is 0 Å². The lowest BCUT2D eigenvalue weighted by atomic mass is 10.1. The van der Waals surface area contributed by atoms with E-state index in [1.54, 1.807) is 30.3 Å². The van der Waals surface area contributed by atoms with Crippen LogP contribution in [0, 0.1) is 0 Å². The number of hydrogen-bond acceptors (Lipinski definition) is 5. The number of fused-ring (bicyclic) bond motifs is 1. The lowest BCUT2D eigenvalue weighted by molar-refractivity contribution is -0.137. The van der Waals surface area contributed by atoms with E-state index in [-0.39, 0.29) is 18.5 Å². The van der Waals surface area contributed by atoms with Gasteiger partial charge in [-0.25, -0.2) is 15.0 Å². The Morgan fingerprint density at radius 2 is 1.88 bits per heavy atom. The number of imidazole rings is 1. The van der Waals surface area contributed by atoms with Gasteiger partial charge in [0.15, 0.2) is 17.3 Å². The van der Waals surface area contributed by atoms with Gasteiger partial charge < -0.3 is 15.6 Å². The number of amides is 1. The number of aromatic nitrogens is 4. The third-order valence-electron chi connectivity index (χ3n) is 5.32. The predicted octanol–water partition coefficient (Wildman–Crippen LogP) is 4.54. The number of rotatable bonds is 6. The Hall–Kier alpha value is -3.95. The number of nitrogens with one attached hydrogen (secondary N) is 3. The Morgan fingerprint density at radius 1 is 1.09 bits per heavy atom. The molecule has 33 heavy (non-hydrogen) atoms. The summed E-state index contributed by atoms with van der Waals surface area (Å²) >= 11 is 0. The molecule has 0 unspecified atom stereocenters. The molecular formula is C23H19F3N6O. The van der Waals surface area contributed by atoms with Gasteiger partial charge in [-0.3, -0.25) is 4.79 Å². The summed E-state index contributed by atoms with van der Waals surface area (Å²) in [6.45, 7) is 0.134. The minimum Gasteiger partial charge on any atom is -0.364 e. The first-order valence-electron chi connectivity index (χ1n) is 10.4. The monoisotopic (exact) mass is 452 g/mol. The van der Waals surface area contributed by atoms with E-state index < -0.39 is 11.7 Å². The van der Waals surface area contributed by atoms with Crippen LogP contribution in [0.1, 0.15) is 34.3 Å². The number of carbonyl (C=O) groups excluding carboxylic acids is 1. The summed E-state index contributed by atoms with van der Waals surface area (Å²) in [4.78, 5) is 28.4. The average Bonchev–Trinajstić information content (AvgIpc) is 3.49. The van der Waals surface area contributed by atoms with Crippen molar-refractivity contribution >= 4 is 22.9 Å². The fourth-order valence-corrected chi connectivity index (χ4v) is 3.40. The SMILES string of the molecule is O=C(NC1CC1)c1ccc(-c2nc(NCc3cccc(C(F)(F)F)c3)c3[nH]cnc3n2)cc1. The summed E-state index contributed by atoms with van der Waals surface area (Å²) in [5.41, 5.74) is 1.96. The third-order valence-corrected chi connectivity index (χ3v) is 5.32. The number of H-pyrrole nitrogens is 1. The topological polar surface area (TPSA) is 95.6 Å². The first-order valence-corrected chi connectivity index (χ1v) is 10.4. The maximum Gasteiger partial charge on any atom is 0.416 e. The highest BCUT2D eigenvalue weighted by molar-refractivity contribution is 5.95. The van der Waals surface area contributed by atoms with E-state index in [9.17, 15) is 18.0 Å². The van der Waals surface area contributed by atoms with Crippen molar-refractivity contribution in [3.05, 3.63) is 71.5 Å². The number of halogens is 3. The van der Waals surface area contributed by atoms with Crippen LogP contribution >= 0.6 is 0 Å². The zero-order valence-corrected chi connectivity index (χ0v) is 17.3. The van der Waals surface area contributed by atoms with Crippen molar-refractivity contribution in [1.29, 1.82) is 0 Å². The molecule has 0 atom stereocenters. The second-order valence-electron chi connectivity index (χ2n) is 7.87.